The van der Waals surface area contributed by atoms with Crippen molar-refractivity contribution in [2.75, 3.05) is 5.73 Å². The molecule has 0 fully saturated rings. The molecule has 0 aliphatic heterocycles. The van der Waals surface area contributed by atoms with Crippen LogP contribution in [0.5, 0.6) is 0 Å². The topological polar surface area (TPSA) is 51.8 Å². The third-order valence-electron chi connectivity index (χ3n) is 2.79. The van der Waals surface area contributed by atoms with Gasteiger partial charge in [0.25, 0.3) is 0 Å². The number of hydrogen-bond acceptors (Lipinski definition) is 3. The molecule has 88 valence electrons. The van der Waals surface area contributed by atoms with Crippen LogP contribution in [0.4, 0.5) is 5.82 Å². The number of rotatable bonds is 1. The molecule has 2 rings (SSSR count). The molecule has 1 aromatic heterocycles. The smallest absolute Gasteiger partial charge is 0.130 e. The number of aromatic nitrogens is 2. The highest BCUT2D eigenvalue weighted by molar-refractivity contribution is 5.68. The maximum Gasteiger partial charge on any atom is 0.130 e. The van der Waals surface area contributed by atoms with Gasteiger partial charge >= 0.3 is 0 Å². The van der Waals surface area contributed by atoms with Crippen molar-refractivity contribution in [3.8, 4) is 11.3 Å². The molecule has 1 aromatic carbocycles. The van der Waals surface area contributed by atoms with Gasteiger partial charge in [-0.25, -0.2) is 9.97 Å². The van der Waals surface area contributed by atoms with E-state index in [2.05, 4.69) is 42.0 Å². The molecule has 0 saturated heterocycles. The third-order valence-corrected chi connectivity index (χ3v) is 2.79. The highest BCUT2D eigenvalue weighted by Crippen LogP contribution is 2.26. The number of anilines is 1. The highest BCUT2D eigenvalue weighted by atomic mass is 14.9. The average Bonchev–Trinajstić information content (AvgIpc) is 2.22. The third kappa shape index (κ3) is 2.28. The van der Waals surface area contributed by atoms with E-state index in [9.17, 15) is 0 Å². The summed E-state index contributed by atoms with van der Waals surface area (Å²) in [4.78, 5) is 8.67. The van der Waals surface area contributed by atoms with E-state index in [0.717, 1.165) is 16.8 Å². The highest BCUT2D eigenvalue weighted by Gasteiger charge is 2.09. The summed E-state index contributed by atoms with van der Waals surface area (Å²) < 4.78 is 0. The first-order valence-corrected chi connectivity index (χ1v) is 5.67. The quantitative estimate of drug-likeness (QED) is 0.814. The van der Waals surface area contributed by atoms with Gasteiger partial charge in [-0.1, -0.05) is 17.2 Å². The van der Waals surface area contributed by atoms with Crippen molar-refractivity contribution in [3.05, 3.63) is 40.7 Å². The fraction of sp³-hybridized carbons (Fsp3) is 0.286. The molecule has 0 bridgehead atoms. The van der Waals surface area contributed by atoms with Gasteiger partial charge in [-0.15, -0.1) is 0 Å². The summed E-state index contributed by atoms with van der Waals surface area (Å²) in [6.07, 6.45) is 0. The summed E-state index contributed by atoms with van der Waals surface area (Å²) in [5.74, 6) is 1.27. The van der Waals surface area contributed by atoms with E-state index in [1.165, 1.54) is 11.1 Å². The van der Waals surface area contributed by atoms with Gasteiger partial charge in [0.1, 0.15) is 11.6 Å². The number of nitrogen functional groups attached to an aromatic ring is 1. The summed E-state index contributed by atoms with van der Waals surface area (Å²) in [5.41, 5.74) is 11.3. The molecule has 0 amide bonds. The molecule has 3 heteroatoms. The normalized spacial score (nSPS) is 10.6. The summed E-state index contributed by atoms with van der Waals surface area (Å²) >= 11 is 0. The minimum Gasteiger partial charge on any atom is -0.383 e. The molecule has 0 spiro atoms. The van der Waals surface area contributed by atoms with Gasteiger partial charge < -0.3 is 5.73 Å². The van der Waals surface area contributed by atoms with E-state index in [-0.39, 0.29) is 0 Å². The zero-order valence-electron chi connectivity index (χ0n) is 10.7. The van der Waals surface area contributed by atoms with Crippen molar-refractivity contribution >= 4 is 5.82 Å². The van der Waals surface area contributed by atoms with Crippen molar-refractivity contribution in [2.45, 2.75) is 27.7 Å². The van der Waals surface area contributed by atoms with Crippen LogP contribution in [-0.2, 0) is 0 Å². The predicted octanol–water partition coefficient (Wildman–Crippen LogP) is 2.96. The Morgan fingerprint density at radius 2 is 1.47 bits per heavy atom. The van der Waals surface area contributed by atoms with Gasteiger partial charge in [0, 0.05) is 11.1 Å². The minimum atomic E-state index is 0.562. The molecule has 17 heavy (non-hydrogen) atoms. The van der Waals surface area contributed by atoms with Crippen LogP contribution in [0, 0.1) is 27.7 Å². The molecule has 3 nitrogen and oxygen atoms in total. The Morgan fingerprint density at radius 3 is 2.06 bits per heavy atom. The lowest BCUT2D eigenvalue weighted by molar-refractivity contribution is 1.05. The van der Waals surface area contributed by atoms with E-state index in [1.54, 1.807) is 0 Å². The molecular formula is C14H17N3. The van der Waals surface area contributed by atoms with Crippen LogP contribution >= 0.6 is 0 Å². The lowest BCUT2D eigenvalue weighted by atomic mass is 10.0. The first-order chi connectivity index (χ1) is 7.97. The largest absolute Gasteiger partial charge is 0.383 e. The molecule has 2 N–H and O–H groups in total. The van der Waals surface area contributed by atoms with Crippen LogP contribution in [0.2, 0.25) is 0 Å². The van der Waals surface area contributed by atoms with E-state index < -0.39 is 0 Å². The number of hydrogen-bond donors (Lipinski definition) is 1. The Balaban J connectivity index is 2.67. The lowest BCUT2D eigenvalue weighted by Gasteiger charge is -2.10. The number of benzene rings is 1. The molecule has 0 aliphatic rings. The number of nitrogens with zero attached hydrogens (tertiary/aromatic N) is 2. The van der Waals surface area contributed by atoms with Gasteiger partial charge in [0.15, 0.2) is 0 Å². The van der Waals surface area contributed by atoms with Gasteiger partial charge in [0.05, 0.1) is 5.69 Å². The first kappa shape index (κ1) is 11.6. The Bertz CT molecular complexity index is 554. The van der Waals surface area contributed by atoms with Gasteiger partial charge in [-0.2, -0.15) is 0 Å². The van der Waals surface area contributed by atoms with Crippen LogP contribution in [-0.4, -0.2) is 9.97 Å². The van der Waals surface area contributed by atoms with Crippen LogP contribution in [0.1, 0.15) is 22.5 Å². The summed E-state index contributed by atoms with van der Waals surface area (Å²) in [5, 5.41) is 0. The van der Waals surface area contributed by atoms with Crippen LogP contribution in [0.15, 0.2) is 18.2 Å². The first-order valence-electron chi connectivity index (χ1n) is 5.67. The second-order valence-corrected chi connectivity index (χ2v) is 4.51. The van der Waals surface area contributed by atoms with Crippen molar-refractivity contribution in [2.24, 2.45) is 0 Å². The number of nitrogens with two attached hydrogens (primary N) is 1. The molecule has 2 aromatic rings. The van der Waals surface area contributed by atoms with E-state index in [0.29, 0.717) is 11.6 Å². The molecule has 0 aliphatic carbocycles. The van der Waals surface area contributed by atoms with Crippen LogP contribution in [0.3, 0.4) is 0 Å². The minimum absolute atomic E-state index is 0.562. The Kier molecular flexibility index (Phi) is 2.84. The Hall–Kier alpha value is -1.90. The zero-order chi connectivity index (χ0) is 12.6. The van der Waals surface area contributed by atoms with E-state index in [4.69, 9.17) is 5.73 Å². The standard InChI is InChI=1S/C14H17N3/c1-8-5-9(2)7-12(6-8)13-10(3)14(15)17-11(4)16-13/h5-7H,1-4H3,(H2,15,16,17). The van der Waals surface area contributed by atoms with Crippen LogP contribution < -0.4 is 5.73 Å². The second-order valence-electron chi connectivity index (χ2n) is 4.51. The van der Waals surface area contributed by atoms with Gasteiger partial charge in [-0.3, -0.25) is 0 Å². The lowest BCUT2D eigenvalue weighted by Crippen LogP contribution is -2.02. The molecule has 0 unspecified atom stereocenters. The van der Waals surface area contributed by atoms with Gasteiger partial charge in [-0.05, 0) is 39.8 Å². The molecular weight excluding hydrogens is 210 g/mol. The SMILES string of the molecule is Cc1cc(C)cc(-c2nc(C)nc(N)c2C)c1. The molecule has 0 saturated carbocycles. The zero-order valence-corrected chi connectivity index (χ0v) is 10.7. The Morgan fingerprint density at radius 1 is 0.882 bits per heavy atom. The van der Waals surface area contributed by atoms with Gasteiger partial charge in [0.2, 0.25) is 0 Å². The summed E-state index contributed by atoms with van der Waals surface area (Å²) in [7, 11) is 0. The average molecular weight is 227 g/mol. The second kappa shape index (κ2) is 4.17. The molecule has 0 atom stereocenters. The molecule has 0 radical (unpaired) electrons. The monoisotopic (exact) mass is 227 g/mol. The van der Waals surface area contributed by atoms with Crippen molar-refractivity contribution in [3.63, 3.8) is 0 Å². The molecule has 1 heterocycles. The maximum atomic E-state index is 5.88. The number of aryl methyl sites for hydroxylation is 3. The van der Waals surface area contributed by atoms with Crippen molar-refractivity contribution in [1.29, 1.82) is 0 Å². The fourth-order valence-corrected chi connectivity index (χ4v) is 2.04. The Labute approximate surface area is 102 Å². The van der Waals surface area contributed by atoms with Crippen molar-refractivity contribution in [1.82, 2.24) is 9.97 Å². The fourth-order valence-electron chi connectivity index (χ4n) is 2.04. The summed E-state index contributed by atoms with van der Waals surface area (Å²) in [6, 6.07) is 6.40. The van der Waals surface area contributed by atoms with Crippen LogP contribution in [0.25, 0.3) is 11.3 Å². The maximum absolute atomic E-state index is 5.88. The predicted molar refractivity (Wildman–Crippen MR) is 70.8 cm³/mol. The van der Waals surface area contributed by atoms with E-state index in [1.807, 2.05) is 13.8 Å². The van der Waals surface area contributed by atoms with E-state index >= 15 is 0 Å². The van der Waals surface area contributed by atoms with Crippen molar-refractivity contribution < 1.29 is 0 Å². The summed E-state index contributed by atoms with van der Waals surface area (Å²) in [6.45, 7) is 8.00.